The molecule has 0 saturated carbocycles. The maximum Gasteiger partial charge on any atom is 0.337 e. The van der Waals surface area contributed by atoms with Crippen molar-refractivity contribution in [2.45, 2.75) is 19.9 Å². The molecule has 0 radical (unpaired) electrons. The van der Waals surface area contributed by atoms with Crippen molar-refractivity contribution in [1.82, 2.24) is 9.88 Å². The van der Waals surface area contributed by atoms with Gasteiger partial charge in [0.1, 0.15) is 11.5 Å². The molecule has 0 bridgehead atoms. The van der Waals surface area contributed by atoms with Crippen LogP contribution < -0.4 is 10.1 Å². The summed E-state index contributed by atoms with van der Waals surface area (Å²) in [6, 6.07) is 15.8. The number of hydrogen-bond donors (Lipinski definition) is 2. The lowest BCUT2D eigenvalue weighted by atomic mass is 10.0. The Balaban J connectivity index is 1.48. The lowest BCUT2D eigenvalue weighted by Crippen LogP contribution is -2.47. The van der Waals surface area contributed by atoms with Crippen molar-refractivity contribution in [2.75, 3.05) is 11.9 Å². The molecule has 1 atom stereocenters. The van der Waals surface area contributed by atoms with Crippen LogP contribution in [0, 0.1) is 5.92 Å². The average molecular weight is 479 g/mol. The number of guanidine groups is 1. The van der Waals surface area contributed by atoms with E-state index in [1.165, 1.54) is 18.5 Å². The highest BCUT2D eigenvalue weighted by atomic mass is 35.5. The molecule has 2 aromatic carbocycles. The number of nitrogens with zero attached hydrogens (tertiary/aromatic N) is 3. The number of aliphatic imine (C=N–C) groups is 1. The third-order valence-corrected chi connectivity index (χ3v) is 5.64. The van der Waals surface area contributed by atoms with E-state index >= 15 is 0 Å². The standard InChI is InChI=1S/C25H23ClN4O4/c1-2-17-13-28-25(30(23(17)31)15-16-3-5-19(26)6-4-16)29-20-7-9-21(10-8-20)34-22-11-18(24(32)33)12-27-14-22/h3-12,14,17H,2,13,15H2,1H3,(H,28,29)(H,32,33). The summed E-state index contributed by atoms with van der Waals surface area (Å²) >= 11 is 5.99. The van der Waals surface area contributed by atoms with E-state index < -0.39 is 5.97 Å². The number of amides is 1. The monoisotopic (exact) mass is 478 g/mol. The Morgan fingerprint density at radius 1 is 1.15 bits per heavy atom. The van der Waals surface area contributed by atoms with E-state index in [-0.39, 0.29) is 17.4 Å². The molecule has 1 unspecified atom stereocenters. The molecule has 0 spiro atoms. The number of carboxylic acid groups (broad SMARTS) is 1. The summed E-state index contributed by atoms with van der Waals surface area (Å²) in [5, 5.41) is 13.0. The number of rotatable bonds is 7. The molecule has 8 nitrogen and oxygen atoms in total. The first-order valence-corrected chi connectivity index (χ1v) is 11.1. The Kier molecular flexibility index (Phi) is 7.08. The van der Waals surface area contributed by atoms with Gasteiger partial charge in [0, 0.05) is 16.9 Å². The van der Waals surface area contributed by atoms with Crippen LogP contribution in [0.25, 0.3) is 0 Å². The molecule has 9 heteroatoms. The second kappa shape index (κ2) is 10.4. The number of ether oxygens (including phenoxy) is 1. The maximum atomic E-state index is 13.1. The highest BCUT2D eigenvalue weighted by molar-refractivity contribution is 6.30. The number of aromatic nitrogens is 1. The third-order valence-electron chi connectivity index (χ3n) is 5.39. The molecule has 1 amide bonds. The smallest absolute Gasteiger partial charge is 0.337 e. The number of carbonyl (C=O) groups is 2. The SMILES string of the molecule is CCC1CN=C(Nc2ccc(Oc3cncc(C(=O)O)c3)cc2)N(Cc2ccc(Cl)cc2)C1=O. The Bertz CT molecular complexity index is 1210. The van der Waals surface area contributed by atoms with Crippen molar-refractivity contribution >= 4 is 35.1 Å². The van der Waals surface area contributed by atoms with Crippen LogP contribution in [0.3, 0.4) is 0 Å². The van der Waals surface area contributed by atoms with Gasteiger partial charge in [0.25, 0.3) is 0 Å². The summed E-state index contributed by atoms with van der Waals surface area (Å²) < 4.78 is 5.71. The second-order valence-electron chi connectivity index (χ2n) is 7.79. The van der Waals surface area contributed by atoms with Gasteiger partial charge in [0.2, 0.25) is 11.9 Å². The highest BCUT2D eigenvalue weighted by Gasteiger charge is 2.31. The van der Waals surface area contributed by atoms with Gasteiger partial charge in [0.15, 0.2) is 0 Å². The van der Waals surface area contributed by atoms with Crippen molar-refractivity contribution in [3.63, 3.8) is 0 Å². The minimum atomic E-state index is -1.08. The second-order valence-corrected chi connectivity index (χ2v) is 8.22. The molecule has 2 heterocycles. The summed E-state index contributed by atoms with van der Waals surface area (Å²) in [4.78, 5) is 34.4. The summed E-state index contributed by atoms with van der Waals surface area (Å²) in [5.74, 6) is 0.123. The van der Waals surface area contributed by atoms with E-state index in [1.54, 1.807) is 41.3 Å². The lowest BCUT2D eigenvalue weighted by molar-refractivity contribution is -0.132. The minimum absolute atomic E-state index is 0.0284. The maximum absolute atomic E-state index is 13.1. The van der Waals surface area contributed by atoms with E-state index in [2.05, 4.69) is 15.3 Å². The summed E-state index contributed by atoms with van der Waals surface area (Å²) in [7, 11) is 0. The molecular formula is C25H23ClN4O4. The fourth-order valence-electron chi connectivity index (χ4n) is 3.48. The Labute approximate surface area is 201 Å². The lowest BCUT2D eigenvalue weighted by Gasteiger charge is -2.32. The summed E-state index contributed by atoms with van der Waals surface area (Å²) in [6.45, 7) is 2.80. The molecule has 2 N–H and O–H groups in total. The van der Waals surface area contributed by atoms with E-state index in [1.807, 2.05) is 19.1 Å². The summed E-state index contributed by atoms with van der Waals surface area (Å²) in [5.41, 5.74) is 1.72. The van der Waals surface area contributed by atoms with Crippen molar-refractivity contribution in [2.24, 2.45) is 10.9 Å². The van der Waals surface area contributed by atoms with Crippen LogP contribution in [0.2, 0.25) is 5.02 Å². The molecule has 34 heavy (non-hydrogen) atoms. The minimum Gasteiger partial charge on any atom is -0.478 e. The molecule has 0 aliphatic carbocycles. The van der Waals surface area contributed by atoms with Gasteiger partial charge in [-0.25, -0.2) is 4.79 Å². The van der Waals surface area contributed by atoms with Crippen LogP contribution in [0.5, 0.6) is 11.5 Å². The van der Waals surface area contributed by atoms with E-state index in [0.717, 1.165) is 17.7 Å². The van der Waals surface area contributed by atoms with Crippen LogP contribution in [0.4, 0.5) is 5.69 Å². The normalized spacial score (nSPS) is 15.6. The van der Waals surface area contributed by atoms with Gasteiger partial charge in [-0.05, 0) is 54.4 Å². The number of carbonyl (C=O) groups excluding carboxylic acids is 1. The van der Waals surface area contributed by atoms with E-state index in [0.29, 0.717) is 35.6 Å². The molecule has 0 saturated heterocycles. The Morgan fingerprint density at radius 2 is 1.88 bits per heavy atom. The quantitative estimate of drug-likeness (QED) is 0.491. The number of nitrogens with one attached hydrogen (secondary N) is 1. The predicted octanol–water partition coefficient (Wildman–Crippen LogP) is 5.06. The molecule has 174 valence electrons. The van der Waals surface area contributed by atoms with Crippen LogP contribution in [-0.4, -0.2) is 39.4 Å². The first-order valence-electron chi connectivity index (χ1n) is 10.8. The van der Waals surface area contributed by atoms with Crippen LogP contribution in [-0.2, 0) is 11.3 Å². The number of aromatic carboxylic acids is 1. The van der Waals surface area contributed by atoms with Crippen molar-refractivity contribution in [3.8, 4) is 11.5 Å². The van der Waals surface area contributed by atoms with Crippen LogP contribution >= 0.6 is 11.6 Å². The Hall–Kier alpha value is -3.91. The van der Waals surface area contributed by atoms with Gasteiger partial charge in [-0.15, -0.1) is 0 Å². The zero-order valence-electron chi connectivity index (χ0n) is 18.4. The van der Waals surface area contributed by atoms with Crippen LogP contribution in [0.1, 0.15) is 29.3 Å². The first-order chi connectivity index (χ1) is 16.4. The largest absolute Gasteiger partial charge is 0.478 e. The zero-order chi connectivity index (χ0) is 24.1. The predicted molar refractivity (Wildman–Crippen MR) is 129 cm³/mol. The van der Waals surface area contributed by atoms with E-state index in [4.69, 9.17) is 21.4 Å². The number of hydrogen-bond acceptors (Lipinski definition) is 6. The summed E-state index contributed by atoms with van der Waals surface area (Å²) in [6.07, 6.45) is 3.42. The van der Waals surface area contributed by atoms with Gasteiger partial charge in [-0.3, -0.25) is 19.7 Å². The molecule has 4 rings (SSSR count). The van der Waals surface area contributed by atoms with Crippen molar-refractivity contribution < 1.29 is 19.4 Å². The topological polar surface area (TPSA) is 104 Å². The average Bonchev–Trinajstić information content (AvgIpc) is 2.84. The fraction of sp³-hybridized carbons (Fsp3) is 0.200. The van der Waals surface area contributed by atoms with Crippen LogP contribution in [0.15, 0.2) is 72.0 Å². The number of carboxylic acids is 1. The zero-order valence-corrected chi connectivity index (χ0v) is 19.2. The first kappa shape index (κ1) is 23.3. The highest BCUT2D eigenvalue weighted by Crippen LogP contribution is 2.25. The molecule has 1 aromatic heterocycles. The van der Waals surface area contributed by atoms with Gasteiger partial charge < -0.3 is 15.2 Å². The van der Waals surface area contributed by atoms with Gasteiger partial charge in [-0.2, -0.15) is 0 Å². The van der Waals surface area contributed by atoms with Crippen molar-refractivity contribution in [1.29, 1.82) is 0 Å². The number of benzene rings is 2. The third kappa shape index (κ3) is 5.52. The van der Waals surface area contributed by atoms with E-state index in [9.17, 15) is 9.59 Å². The Morgan fingerprint density at radius 3 is 2.56 bits per heavy atom. The fourth-order valence-corrected chi connectivity index (χ4v) is 3.61. The molecule has 0 fully saturated rings. The number of anilines is 1. The molecular weight excluding hydrogens is 456 g/mol. The van der Waals surface area contributed by atoms with Crippen molar-refractivity contribution in [3.05, 3.63) is 83.1 Å². The molecule has 1 aliphatic heterocycles. The van der Waals surface area contributed by atoms with Gasteiger partial charge in [0.05, 0.1) is 30.8 Å². The number of pyridine rings is 1. The van der Waals surface area contributed by atoms with Gasteiger partial charge >= 0.3 is 5.97 Å². The molecule has 1 aliphatic rings. The molecule has 3 aromatic rings. The van der Waals surface area contributed by atoms with Gasteiger partial charge in [-0.1, -0.05) is 30.7 Å². The number of halogens is 1.